The first-order valence-corrected chi connectivity index (χ1v) is 9.90. The molecule has 0 radical (unpaired) electrons. The molecule has 1 amide bonds. The smallest absolute Gasteiger partial charge is 0.255 e. The van der Waals surface area contributed by atoms with Crippen molar-refractivity contribution in [1.82, 2.24) is 4.98 Å². The SMILES string of the molecule is CCc1ccc2oc(-c3ccc(Cl)c(NC(=O)c4ccc(C)cc4C)c3)nc2c1. The molecule has 29 heavy (non-hydrogen) atoms. The molecule has 0 fully saturated rings. The van der Waals surface area contributed by atoms with Gasteiger partial charge in [0.2, 0.25) is 5.89 Å². The summed E-state index contributed by atoms with van der Waals surface area (Å²) in [6, 6.07) is 17.1. The molecule has 0 aliphatic rings. The van der Waals surface area contributed by atoms with Gasteiger partial charge in [0, 0.05) is 11.1 Å². The molecule has 1 heterocycles. The first-order chi connectivity index (χ1) is 13.9. The minimum Gasteiger partial charge on any atom is -0.436 e. The average Bonchev–Trinajstić information content (AvgIpc) is 3.12. The lowest BCUT2D eigenvalue weighted by molar-refractivity contribution is 0.102. The summed E-state index contributed by atoms with van der Waals surface area (Å²) in [7, 11) is 0. The zero-order chi connectivity index (χ0) is 20.5. The summed E-state index contributed by atoms with van der Waals surface area (Å²) in [5.74, 6) is 0.290. The van der Waals surface area contributed by atoms with Gasteiger partial charge in [0.15, 0.2) is 5.58 Å². The summed E-state index contributed by atoms with van der Waals surface area (Å²) in [5.41, 5.74) is 6.66. The zero-order valence-corrected chi connectivity index (χ0v) is 17.3. The third kappa shape index (κ3) is 3.89. The highest BCUT2D eigenvalue weighted by Gasteiger charge is 2.14. The molecule has 0 saturated heterocycles. The van der Waals surface area contributed by atoms with Gasteiger partial charge < -0.3 is 9.73 Å². The van der Waals surface area contributed by atoms with Crippen LogP contribution in [0.4, 0.5) is 5.69 Å². The maximum Gasteiger partial charge on any atom is 0.255 e. The summed E-state index contributed by atoms with van der Waals surface area (Å²) in [6.45, 7) is 6.02. The molecular formula is C24H21ClN2O2. The fraction of sp³-hybridized carbons (Fsp3) is 0.167. The van der Waals surface area contributed by atoms with Crippen LogP contribution in [0.3, 0.4) is 0 Å². The van der Waals surface area contributed by atoms with Crippen molar-refractivity contribution in [2.75, 3.05) is 5.32 Å². The molecule has 0 saturated carbocycles. The van der Waals surface area contributed by atoms with Crippen molar-refractivity contribution in [2.24, 2.45) is 0 Å². The number of carbonyl (C=O) groups is 1. The molecule has 4 nitrogen and oxygen atoms in total. The number of anilines is 1. The second-order valence-electron chi connectivity index (χ2n) is 7.14. The number of fused-ring (bicyclic) bond motifs is 1. The molecule has 1 aromatic heterocycles. The third-order valence-corrected chi connectivity index (χ3v) is 5.28. The fourth-order valence-electron chi connectivity index (χ4n) is 3.33. The Bertz CT molecular complexity index is 1230. The van der Waals surface area contributed by atoms with Crippen molar-refractivity contribution in [3.63, 3.8) is 0 Å². The molecule has 0 spiro atoms. The van der Waals surface area contributed by atoms with Crippen molar-refractivity contribution in [2.45, 2.75) is 27.2 Å². The van der Waals surface area contributed by atoms with Gasteiger partial charge >= 0.3 is 0 Å². The lowest BCUT2D eigenvalue weighted by Crippen LogP contribution is -2.13. The van der Waals surface area contributed by atoms with E-state index in [9.17, 15) is 4.79 Å². The zero-order valence-electron chi connectivity index (χ0n) is 16.5. The predicted molar refractivity (Wildman–Crippen MR) is 118 cm³/mol. The molecule has 0 atom stereocenters. The molecule has 4 rings (SSSR count). The number of nitrogens with one attached hydrogen (secondary N) is 1. The largest absolute Gasteiger partial charge is 0.436 e. The second-order valence-corrected chi connectivity index (χ2v) is 7.55. The first kappa shape index (κ1) is 19.2. The van der Waals surface area contributed by atoms with E-state index >= 15 is 0 Å². The van der Waals surface area contributed by atoms with Crippen molar-refractivity contribution in [3.8, 4) is 11.5 Å². The Morgan fingerprint density at radius 2 is 1.90 bits per heavy atom. The van der Waals surface area contributed by atoms with Crippen molar-refractivity contribution in [3.05, 3.63) is 81.9 Å². The number of aryl methyl sites for hydroxylation is 3. The van der Waals surface area contributed by atoms with Crippen LogP contribution in [-0.2, 0) is 6.42 Å². The van der Waals surface area contributed by atoms with Gasteiger partial charge in [0.05, 0.1) is 10.7 Å². The molecule has 0 aliphatic carbocycles. The van der Waals surface area contributed by atoms with Crippen molar-refractivity contribution in [1.29, 1.82) is 0 Å². The van der Waals surface area contributed by atoms with E-state index in [1.807, 2.05) is 56.3 Å². The maximum absolute atomic E-state index is 12.7. The minimum absolute atomic E-state index is 0.202. The Labute approximate surface area is 174 Å². The average molecular weight is 405 g/mol. The van der Waals surface area contributed by atoms with E-state index in [0.29, 0.717) is 22.2 Å². The van der Waals surface area contributed by atoms with Crippen molar-refractivity contribution >= 4 is 34.3 Å². The summed E-state index contributed by atoms with van der Waals surface area (Å²) in [5, 5.41) is 3.36. The van der Waals surface area contributed by atoms with Gasteiger partial charge in [-0.05, 0) is 67.8 Å². The lowest BCUT2D eigenvalue weighted by Gasteiger charge is -2.10. The predicted octanol–water partition coefficient (Wildman–Crippen LogP) is 6.58. The second kappa shape index (κ2) is 7.72. The van der Waals surface area contributed by atoms with Gasteiger partial charge in [-0.2, -0.15) is 0 Å². The fourth-order valence-corrected chi connectivity index (χ4v) is 3.49. The highest BCUT2D eigenvalue weighted by molar-refractivity contribution is 6.34. The molecule has 0 aliphatic heterocycles. The van der Waals surface area contributed by atoms with Gasteiger partial charge in [-0.25, -0.2) is 4.98 Å². The van der Waals surface area contributed by atoms with Crippen LogP contribution >= 0.6 is 11.6 Å². The molecule has 4 aromatic rings. The summed E-state index contributed by atoms with van der Waals surface area (Å²) >= 11 is 6.33. The number of hydrogen-bond donors (Lipinski definition) is 1. The number of carbonyl (C=O) groups excluding carboxylic acids is 1. The quantitative estimate of drug-likeness (QED) is 0.418. The van der Waals surface area contributed by atoms with Crippen LogP contribution in [0.5, 0.6) is 0 Å². The number of aromatic nitrogens is 1. The van der Waals surface area contributed by atoms with Crippen LogP contribution in [0.2, 0.25) is 5.02 Å². The van der Waals surface area contributed by atoms with E-state index in [4.69, 9.17) is 16.0 Å². The number of nitrogens with zero attached hydrogens (tertiary/aromatic N) is 1. The number of oxazole rings is 1. The molecule has 0 unspecified atom stereocenters. The molecular weight excluding hydrogens is 384 g/mol. The number of hydrogen-bond acceptors (Lipinski definition) is 3. The van der Waals surface area contributed by atoms with E-state index in [1.54, 1.807) is 12.1 Å². The van der Waals surface area contributed by atoms with E-state index in [0.717, 1.165) is 34.2 Å². The Morgan fingerprint density at radius 1 is 1.07 bits per heavy atom. The van der Waals surface area contributed by atoms with Crippen LogP contribution in [0.15, 0.2) is 59.0 Å². The molecule has 3 aromatic carbocycles. The summed E-state index contributed by atoms with van der Waals surface area (Å²) in [4.78, 5) is 17.3. The van der Waals surface area contributed by atoms with Gasteiger partial charge in [-0.1, -0.05) is 42.3 Å². The monoisotopic (exact) mass is 404 g/mol. The van der Waals surface area contributed by atoms with Crippen LogP contribution in [0.25, 0.3) is 22.6 Å². The number of halogens is 1. The van der Waals surface area contributed by atoms with Gasteiger partial charge in [-0.15, -0.1) is 0 Å². The summed E-state index contributed by atoms with van der Waals surface area (Å²) < 4.78 is 5.90. The van der Waals surface area contributed by atoms with Crippen LogP contribution in [0, 0.1) is 13.8 Å². The van der Waals surface area contributed by atoms with Crippen LogP contribution < -0.4 is 5.32 Å². The molecule has 5 heteroatoms. The van der Waals surface area contributed by atoms with E-state index in [-0.39, 0.29) is 5.91 Å². The lowest BCUT2D eigenvalue weighted by atomic mass is 10.1. The van der Waals surface area contributed by atoms with Gasteiger partial charge in [0.1, 0.15) is 5.52 Å². The Morgan fingerprint density at radius 3 is 2.66 bits per heavy atom. The Hall–Kier alpha value is -3.11. The third-order valence-electron chi connectivity index (χ3n) is 4.95. The highest BCUT2D eigenvalue weighted by Crippen LogP contribution is 2.31. The van der Waals surface area contributed by atoms with Gasteiger partial charge in [-0.3, -0.25) is 4.79 Å². The topological polar surface area (TPSA) is 55.1 Å². The normalized spacial score (nSPS) is 11.0. The first-order valence-electron chi connectivity index (χ1n) is 9.52. The standard InChI is InChI=1S/C24H21ClN2O2/c1-4-16-6-10-22-21(12-16)27-24(29-22)17-7-9-19(25)20(13-17)26-23(28)18-8-5-14(2)11-15(18)3/h5-13H,4H2,1-3H3,(H,26,28). The van der Waals surface area contributed by atoms with Crippen LogP contribution in [0.1, 0.15) is 34.0 Å². The molecule has 0 bridgehead atoms. The number of rotatable bonds is 4. The van der Waals surface area contributed by atoms with E-state index < -0.39 is 0 Å². The summed E-state index contributed by atoms with van der Waals surface area (Å²) in [6.07, 6.45) is 0.938. The van der Waals surface area contributed by atoms with E-state index in [2.05, 4.69) is 17.2 Å². The molecule has 146 valence electrons. The van der Waals surface area contributed by atoms with E-state index in [1.165, 1.54) is 5.56 Å². The molecule has 1 N–H and O–H groups in total. The highest BCUT2D eigenvalue weighted by atomic mass is 35.5. The minimum atomic E-state index is -0.202. The Balaban J connectivity index is 1.66. The van der Waals surface area contributed by atoms with Gasteiger partial charge in [0.25, 0.3) is 5.91 Å². The Kier molecular flexibility index (Phi) is 5.12. The van der Waals surface area contributed by atoms with Crippen LogP contribution in [-0.4, -0.2) is 10.9 Å². The maximum atomic E-state index is 12.7. The number of amides is 1. The van der Waals surface area contributed by atoms with Crippen molar-refractivity contribution < 1.29 is 9.21 Å². The number of benzene rings is 3.